The second-order valence-electron chi connectivity index (χ2n) is 7.62. The number of oxime groups is 1. The van der Waals surface area contributed by atoms with E-state index in [4.69, 9.17) is 9.94 Å². The maximum Gasteiger partial charge on any atom is 0.123 e. The van der Waals surface area contributed by atoms with Gasteiger partial charge in [-0.3, -0.25) is 4.90 Å². The van der Waals surface area contributed by atoms with Crippen molar-refractivity contribution in [2.24, 2.45) is 5.16 Å². The number of rotatable bonds is 9. The van der Waals surface area contributed by atoms with Gasteiger partial charge in [0.2, 0.25) is 0 Å². The van der Waals surface area contributed by atoms with Gasteiger partial charge in [0.15, 0.2) is 0 Å². The van der Waals surface area contributed by atoms with E-state index in [2.05, 4.69) is 15.0 Å². The van der Waals surface area contributed by atoms with E-state index in [0.29, 0.717) is 6.61 Å². The Hall–Kier alpha value is -2.35. The van der Waals surface area contributed by atoms with Gasteiger partial charge >= 0.3 is 0 Å². The van der Waals surface area contributed by atoms with Gasteiger partial charge in [0.05, 0.1) is 12.3 Å². The van der Waals surface area contributed by atoms with Crippen LogP contribution in [0.1, 0.15) is 30.6 Å². The van der Waals surface area contributed by atoms with E-state index in [9.17, 15) is 8.78 Å². The first kappa shape index (κ1) is 22.3. The molecule has 0 aromatic heterocycles. The van der Waals surface area contributed by atoms with Crippen molar-refractivity contribution in [1.29, 1.82) is 0 Å². The van der Waals surface area contributed by atoms with Crippen molar-refractivity contribution in [1.82, 2.24) is 9.80 Å². The first-order valence-corrected chi connectivity index (χ1v) is 10.3. The molecular weight excluding hydrogens is 388 g/mol. The summed E-state index contributed by atoms with van der Waals surface area (Å²) in [5, 5.41) is 12.0. The summed E-state index contributed by atoms with van der Waals surface area (Å²) in [4.78, 5) is 4.72. The lowest BCUT2D eigenvalue weighted by atomic mass is 10.0. The van der Waals surface area contributed by atoms with Crippen LogP contribution in [-0.2, 0) is 4.74 Å². The fourth-order valence-corrected chi connectivity index (χ4v) is 3.57. The predicted molar refractivity (Wildman–Crippen MR) is 113 cm³/mol. The Bertz CT molecular complexity index is 759. The third-order valence-electron chi connectivity index (χ3n) is 5.46. The lowest BCUT2D eigenvalue weighted by Crippen LogP contribution is -2.47. The molecule has 1 fully saturated rings. The molecule has 2 aromatic carbocycles. The average molecular weight is 418 g/mol. The van der Waals surface area contributed by atoms with Gasteiger partial charge in [-0.15, -0.1) is 0 Å². The Morgan fingerprint density at radius 3 is 1.83 bits per heavy atom. The molecule has 7 heteroatoms. The van der Waals surface area contributed by atoms with E-state index < -0.39 is 0 Å². The third-order valence-corrected chi connectivity index (χ3v) is 5.46. The zero-order chi connectivity index (χ0) is 21.3. The van der Waals surface area contributed by atoms with Crippen LogP contribution in [0, 0.1) is 11.6 Å². The molecule has 0 bridgehead atoms. The normalized spacial score (nSPS) is 16.3. The topological polar surface area (TPSA) is 48.3 Å². The zero-order valence-electron chi connectivity index (χ0n) is 17.3. The highest BCUT2D eigenvalue weighted by atomic mass is 19.1. The molecule has 1 saturated heterocycles. The highest BCUT2D eigenvalue weighted by Gasteiger charge is 2.19. The molecule has 1 N–H and O–H groups in total. The first-order valence-electron chi connectivity index (χ1n) is 10.3. The van der Waals surface area contributed by atoms with Crippen LogP contribution in [0.3, 0.4) is 0 Å². The predicted octanol–water partition coefficient (Wildman–Crippen LogP) is 3.93. The Morgan fingerprint density at radius 1 is 0.900 bits per heavy atom. The molecular formula is C23H29F2N3O2. The van der Waals surface area contributed by atoms with Crippen LogP contribution in [0.5, 0.6) is 0 Å². The Morgan fingerprint density at radius 2 is 1.37 bits per heavy atom. The molecule has 30 heavy (non-hydrogen) atoms. The Labute approximate surface area is 176 Å². The molecule has 0 atom stereocenters. The van der Waals surface area contributed by atoms with Crippen molar-refractivity contribution >= 4 is 5.71 Å². The van der Waals surface area contributed by atoms with E-state index in [0.717, 1.165) is 62.5 Å². The standard InChI is InChI=1S/C23H29F2N3O2/c1-18(26-29)10-11-27-12-14-28(15-13-27)16-17-30-23(19-2-6-21(24)7-3-19)20-4-8-22(25)9-5-20/h2-9,23,29H,10-17H2,1H3. The number of piperazine rings is 1. The molecule has 0 saturated carbocycles. The average Bonchev–Trinajstić information content (AvgIpc) is 2.77. The minimum Gasteiger partial charge on any atom is -0.411 e. The molecule has 0 unspecified atom stereocenters. The number of halogens is 2. The smallest absolute Gasteiger partial charge is 0.123 e. The van der Waals surface area contributed by atoms with Crippen molar-refractivity contribution in [2.45, 2.75) is 19.4 Å². The zero-order valence-corrected chi connectivity index (χ0v) is 17.3. The fraction of sp³-hybridized carbons (Fsp3) is 0.435. The van der Waals surface area contributed by atoms with E-state index in [1.165, 1.54) is 24.3 Å². The minimum absolute atomic E-state index is 0.296. The van der Waals surface area contributed by atoms with E-state index in [1.807, 2.05) is 6.92 Å². The molecule has 5 nitrogen and oxygen atoms in total. The van der Waals surface area contributed by atoms with Gasteiger partial charge in [-0.05, 0) is 42.3 Å². The summed E-state index contributed by atoms with van der Waals surface area (Å²) in [5.74, 6) is -0.593. The Kier molecular flexibility index (Phi) is 8.30. The highest BCUT2D eigenvalue weighted by molar-refractivity contribution is 5.81. The van der Waals surface area contributed by atoms with Crippen molar-refractivity contribution in [3.63, 3.8) is 0 Å². The van der Waals surface area contributed by atoms with Gasteiger partial charge in [0.1, 0.15) is 17.7 Å². The molecule has 0 spiro atoms. The van der Waals surface area contributed by atoms with Crippen molar-refractivity contribution in [2.75, 3.05) is 45.9 Å². The van der Waals surface area contributed by atoms with Crippen LogP contribution in [-0.4, -0.2) is 66.6 Å². The van der Waals surface area contributed by atoms with Crippen molar-refractivity contribution < 1.29 is 18.7 Å². The van der Waals surface area contributed by atoms with Crippen molar-refractivity contribution in [3.05, 3.63) is 71.3 Å². The number of benzene rings is 2. The van der Waals surface area contributed by atoms with E-state index >= 15 is 0 Å². The summed E-state index contributed by atoms with van der Waals surface area (Å²) in [6, 6.07) is 12.5. The summed E-state index contributed by atoms with van der Waals surface area (Å²) >= 11 is 0. The first-order chi connectivity index (χ1) is 14.5. The number of ether oxygens (including phenoxy) is 1. The van der Waals surface area contributed by atoms with Crippen LogP contribution < -0.4 is 0 Å². The van der Waals surface area contributed by atoms with E-state index in [-0.39, 0.29) is 17.7 Å². The summed E-state index contributed by atoms with van der Waals surface area (Å²) < 4.78 is 32.8. The summed E-state index contributed by atoms with van der Waals surface area (Å²) in [5.41, 5.74) is 2.43. The molecule has 0 radical (unpaired) electrons. The molecule has 0 aliphatic carbocycles. The van der Waals surface area contributed by atoms with Crippen LogP contribution in [0.2, 0.25) is 0 Å². The lowest BCUT2D eigenvalue weighted by molar-refractivity contribution is 0.0456. The molecule has 162 valence electrons. The van der Waals surface area contributed by atoms with Gasteiger partial charge in [-0.25, -0.2) is 8.78 Å². The number of nitrogens with zero attached hydrogens (tertiary/aromatic N) is 3. The Balaban J connectivity index is 1.51. The van der Waals surface area contributed by atoms with Crippen LogP contribution in [0.25, 0.3) is 0 Å². The molecule has 1 aliphatic rings. The monoisotopic (exact) mass is 417 g/mol. The molecule has 3 rings (SSSR count). The van der Waals surface area contributed by atoms with Gasteiger partial charge in [-0.2, -0.15) is 0 Å². The van der Waals surface area contributed by atoms with Crippen LogP contribution in [0.15, 0.2) is 53.7 Å². The molecule has 1 aliphatic heterocycles. The molecule has 0 amide bonds. The van der Waals surface area contributed by atoms with E-state index in [1.54, 1.807) is 24.3 Å². The third kappa shape index (κ3) is 6.58. The van der Waals surface area contributed by atoms with Crippen LogP contribution >= 0.6 is 0 Å². The van der Waals surface area contributed by atoms with Gasteiger partial charge in [0.25, 0.3) is 0 Å². The largest absolute Gasteiger partial charge is 0.411 e. The SMILES string of the molecule is CC(CCN1CCN(CCOC(c2ccc(F)cc2)c2ccc(F)cc2)CC1)=NO. The van der Waals surface area contributed by atoms with Crippen LogP contribution in [0.4, 0.5) is 8.78 Å². The second kappa shape index (κ2) is 11.2. The molecule has 2 aromatic rings. The fourth-order valence-electron chi connectivity index (χ4n) is 3.57. The quantitative estimate of drug-likeness (QED) is 0.382. The summed E-state index contributed by atoms with van der Waals surface area (Å²) in [6.45, 7) is 7.90. The van der Waals surface area contributed by atoms with Gasteiger partial charge in [0, 0.05) is 45.7 Å². The van der Waals surface area contributed by atoms with Gasteiger partial charge < -0.3 is 14.8 Å². The number of hydrogen-bond donors (Lipinski definition) is 1. The maximum absolute atomic E-state index is 13.3. The minimum atomic E-state index is -0.367. The molecule has 1 heterocycles. The number of hydrogen-bond acceptors (Lipinski definition) is 5. The summed E-state index contributed by atoms with van der Waals surface area (Å²) in [6.07, 6.45) is 0.407. The summed E-state index contributed by atoms with van der Waals surface area (Å²) in [7, 11) is 0. The van der Waals surface area contributed by atoms with Crippen molar-refractivity contribution in [3.8, 4) is 0 Å². The maximum atomic E-state index is 13.3. The lowest BCUT2D eigenvalue weighted by Gasteiger charge is -2.34. The highest BCUT2D eigenvalue weighted by Crippen LogP contribution is 2.26. The second-order valence-corrected chi connectivity index (χ2v) is 7.62. The van der Waals surface area contributed by atoms with Gasteiger partial charge in [-0.1, -0.05) is 29.4 Å².